The number of rotatable bonds is 0. The lowest BCUT2D eigenvalue weighted by molar-refractivity contribution is 0.332. The lowest BCUT2D eigenvalue weighted by Crippen LogP contribution is -1.78. The fourth-order valence-corrected chi connectivity index (χ4v) is 1.04. The summed E-state index contributed by atoms with van der Waals surface area (Å²) in [5.74, 6) is 0.0301. The molecule has 0 amide bonds. The van der Waals surface area contributed by atoms with Crippen molar-refractivity contribution < 1.29 is 5.11 Å². The van der Waals surface area contributed by atoms with Gasteiger partial charge >= 0.3 is 0 Å². The minimum atomic E-state index is 0.0301. The predicted molar refractivity (Wildman–Crippen MR) is 37.5 cm³/mol. The smallest absolute Gasteiger partial charge is 0.255 e. The molecule has 0 spiro atoms. The van der Waals surface area contributed by atoms with E-state index >= 15 is 0 Å². The van der Waals surface area contributed by atoms with Crippen LogP contribution < -0.4 is 0 Å². The molecule has 0 aliphatic heterocycles. The van der Waals surface area contributed by atoms with Gasteiger partial charge in [0.1, 0.15) is 0 Å². The topological polar surface area (TPSA) is 24.3 Å². The van der Waals surface area contributed by atoms with E-state index < -0.39 is 0 Å². The van der Waals surface area contributed by atoms with Crippen LogP contribution in [0.2, 0.25) is 0 Å². The minimum Gasteiger partial charge on any atom is -0.284 e. The highest BCUT2D eigenvalue weighted by molar-refractivity contribution is 5.49. The van der Waals surface area contributed by atoms with E-state index in [0.29, 0.717) is 0 Å². The first-order chi connectivity index (χ1) is 4.88. The van der Waals surface area contributed by atoms with Gasteiger partial charge in [-0.2, -0.15) is 0 Å². The monoisotopic (exact) mass is 132 g/mol. The van der Waals surface area contributed by atoms with E-state index in [1.54, 1.807) is 22.7 Å². The second-order valence-corrected chi connectivity index (χ2v) is 2.17. The Morgan fingerprint density at radius 1 is 1.10 bits per heavy atom. The van der Waals surface area contributed by atoms with Gasteiger partial charge in [0.2, 0.25) is 0 Å². The number of fused-ring (bicyclic) bond motifs is 1. The molecule has 2 aromatic rings. The summed E-state index contributed by atoms with van der Waals surface area (Å²) in [6.07, 6.45) is 1.76. The molecule has 0 bridgehead atoms. The molecule has 10 heavy (non-hydrogen) atoms. The standard InChI is InChI=1S/C8H6NO/c10-8-5-1-3-7-4-2-6-9(7)8/h1-6H. The van der Waals surface area contributed by atoms with Gasteiger partial charge in [0.15, 0.2) is 0 Å². The van der Waals surface area contributed by atoms with Gasteiger partial charge in [-0.3, -0.25) is 9.51 Å². The van der Waals surface area contributed by atoms with E-state index in [9.17, 15) is 5.11 Å². The molecule has 0 fully saturated rings. The summed E-state index contributed by atoms with van der Waals surface area (Å²) in [5, 5.41) is 11.0. The van der Waals surface area contributed by atoms with Crippen molar-refractivity contribution in [2.45, 2.75) is 0 Å². The van der Waals surface area contributed by atoms with E-state index in [-0.39, 0.29) is 5.88 Å². The van der Waals surface area contributed by atoms with Gasteiger partial charge in [-0.25, -0.2) is 0 Å². The second kappa shape index (κ2) is 1.77. The Morgan fingerprint density at radius 3 is 2.70 bits per heavy atom. The molecule has 49 valence electrons. The van der Waals surface area contributed by atoms with Gasteiger partial charge in [-0.05, 0) is 18.2 Å². The summed E-state index contributed by atoms with van der Waals surface area (Å²) in [7, 11) is 0. The number of hydrogen-bond acceptors (Lipinski definition) is 0. The highest BCUT2D eigenvalue weighted by Crippen LogP contribution is 2.13. The third-order valence-corrected chi connectivity index (χ3v) is 1.52. The van der Waals surface area contributed by atoms with E-state index in [4.69, 9.17) is 0 Å². The zero-order chi connectivity index (χ0) is 6.97. The van der Waals surface area contributed by atoms with Crippen LogP contribution in [-0.2, 0) is 5.11 Å². The summed E-state index contributed by atoms with van der Waals surface area (Å²) in [6.45, 7) is 0. The summed E-state index contributed by atoms with van der Waals surface area (Å²) >= 11 is 0. The Bertz CT molecular complexity index is 351. The van der Waals surface area contributed by atoms with Crippen molar-refractivity contribution >= 4 is 5.52 Å². The molecule has 0 aliphatic rings. The molecule has 2 heteroatoms. The van der Waals surface area contributed by atoms with Crippen molar-refractivity contribution in [1.29, 1.82) is 0 Å². The van der Waals surface area contributed by atoms with Crippen LogP contribution in [0, 0.1) is 0 Å². The third kappa shape index (κ3) is 0.589. The summed E-state index contributed by atoms with van der Waals surface area (Å²) in [4.78, 5) is 0. The van der Waals surface area contributed by atoms with E-state index in [0.717, 1.165) is 5.52 Å². The van der Waals surface area contributed by atoms with Crippen molar-refractivity contribution in [2.24, 2.45) is 0 Å². The van der Waals surface area contributed by atoms with Gasteiger partial charge in [-0.1, -0.05) is 6.07 Å². The second-order valence-electron chi connectivity index (χ2n) is 2.17. The Labute approximate surface area is 58.3 Å². The molecule has 0 unspecified atom stereocenters. The van der Waals surface area contributed by atoms with Crippen LogP contribution in [0.15, 0.2) is 36.5 Å². The van der Waals surface area contributed by atoms with Crippen LogP contribution in [0.4, 0.5) is 0 Å². The molecule has 0 aromatic carbocycles. The van der Waals surface area contributed by atoms with Crippen LogP contribution >= 0.6 is 0 Å². The molecule has 1 radical (unpaired) electrons. The molecule has 0 aliphatic carbocycles. The first-order valence-electron chi connectivity index (χ1n) is 3.11. The summed E-state index contributed by atoms with van der Waals surface area (Å²) in [6, 6.07) is 8.98. The molecule has 2 nitrogen and oxygen atoms in total. The van der Waals surface area contributed by atoms with E-state index in [2.05, 4.69) is 0 Å². The average molecular weight is 132 g/mol. The van der Waals surface area contributed by atoms with Gasteiger partial charge in [-0.15, -0.1) is 0 Å². The van der Waals surface area contributed by atoms with Crippen LogP contribution in [0.1, 0.15) is 0 Å². The number of aromatic nitrogens is 1. The maximum atomic E-state index is 11.0. The highest BCUT2D eigenvalue weighted by Gasteiger charge is 1.95. The zero-order valence-electron chi connectivity index (χ0n) is 5.32. The summed E-state index contributed by atoms with van der Waals surface area (Å²) < 4.78 is 1.61. The summed E-state index contributed by atoms with van der Waals surface area (Å²) in [5.41, 5.74) is 0.951. The first kappa shape index (κ1) is 5.35. The lowest BCUT2D eigenvalue weighted by Gasteiger charge is -1.92. The quantitative estimate of drug-likeness (QED) is 0.524. The molecular formula is C8H6NO. The van der Waals surface area contributed by atoms with Gasteiger partial charge in [0.05, 0.1) is 0 Å². The molecule has 0 saturated carbocycles. The van der Waals surface area contributed by atoms with Crippen molar-refractivity contribution in [3.05, 3.63) is 36.5 Å². The van der Waals surface area contributed by atoms with Crippen LogP contribution in [0.5, 0.6) is 5.88 Å². The molecule has 2 aromatic heterocycles. The SMILES string of the molecule is [O]c1cccc2cccn12. The van der Waals surface area contributed by atoms with Crippen molar-refractivity contribution in [3.63, 3.8) is 0 Å². The van der Waals surface area contributed by atoms with Crippen molar-refractivity contribution in [3.8, 4) is 5.88 Å². The largest absolute Gasteiger partial charge is 0.284 e. The predicted octanol–water partition coefficient (Wildman–Crippen LogP) is 2.08. The van der Waals surface area contributed by atoms with Gasteiger partial charge in [0, 0.05) is 17.8 Å². The molecule has 0 atom stereocenters. The maximum absolute atomic E-state index is 11.0. The number of nitrogens with zero attached hydrogens (tertiary/aromatic N) is 1. The molecule has 0 N–H and O–H groups in total. The van der Waals surface area contributed by atoms with E-state index in [1.807, 2.05) is 18.2 Å². The van der Waals surface area contributed by atoms with Crippen molar-refractivity contribution in [1.82, 2.24) is 4.40 Å². The molecule has 0 saturated heterocycles. The fourth-order valence-electron chi connectivity index (χ4n) is 1.04. The Morgan fingerprint density at radius 2 is 1.90 bits per heavy atom. The van der Waals surface area contributed by atoms with Crippen molar-refractivity contribution in [2.75, 3.05) is 0 Å². The van der Waals surface area contributed by atoms with Gasteiger partial charge in [0.25, 0.3) is 5.88 Å². The maximum Gasteiger partial charge on any atom is 0.255 e. The zero-order valence-corrected chi connectivity index (χ0v) is 5.32. The minimum absolute atomic E-state index is 0.0301. The Balaban J connectivity index is 2.95. The third-order valence-electron chi connectivity index (χ3n) is 1.52. The van der Waals surface area contributed by atoms with Crippen LogP contribution in [0.3, 0.4) is 0 Å². The Hall–Kier alpha value is -1.44. The average Bonchev–Trinajstić information content (AvgIpc) is 2.36. The van der Waals surface area contributed by atoms with Crippen LogP contribution in [0.25, 0.3) is 5.52 Å². The number of hydrogen-bond donors (Lipinski definition) is 0. The first-order valence-corrected chi connectivity index (χ1v) is 3.11. The van der Waals surface area contributed by atoms with E-state index in [1.165, 1.54) is 0 Å². The lowest BCUT2D eigenvalue weighted by atomic mass is 10.4. The Kier molecular flexibility index (Phi) is 0.947. The van der Waals surface area contributed by atoms with Crippen LogP contribution in [-0.4, -0.2) is 4.40 Å². The highest BCUT2D eigenvalue weighted by atomic mass is 16.3. The molecule has 2 heterocycles. The normalized spacial score (nSPS) is 10.4. The fraction of sp³-hybridized carbons (Fsp3) is 0. The molecular weight excluding hydrogens is 126 g/mol. The molecule has 2 rings (SSSR count). The van der Waals surface area contributed by atoms with Gasteiger partial charge < -0.3 is 0 Å². The number of pyridine rings is 1.